The van der Waals surface area contributed by atoms with Gasteiger partial charge in [-0.15, -0.1) is 11.3 Å². The monoisotopic (exact) mass is 357 g/mol. The van der Waals surface area contributed by atoms with E-state index in [1.165, 1.54) is 11.3 Å². The molecule has 0 bridgehead atoms. The van der Waals surface area contributed by atoms with Crippen LogP contribution in [0, 0.1) is 6.92 Å². The Balaban J connectivity index is 1.59. The highest BCUT2D eigenvalue weighted by molar-refractivity contribution is 7.15. The minimum absolute atomic E-state index is 0.112. The van der Waals surface area contributed by atoms with E-state index in [2.05, 4.69) is 15.6 Å². The molecule has 0 spiro atoms. The molecule has 0 aliphatic heterocycles. The number of nitrogens with zero attached hydrogens (tertiary/aromatic N) is 1. The molecule has 6 heteroatoms. The highest BCUT2D eigenvalue weighted by Crippen LogP contribution is 2.20. The molecule has 0 radical (unpaired) electrons. The molecule has 122 valence electrons. The summed E-state index contributed by atoms with van der Waals surface area (Å²) in [4.78, 5) is 17.3. The number of aromatic nitrogens is 1. The van der Waals surface area contributed by atoms with Crippen molar-refractivity contribution in [1.82, 2.24) is 4.98 Å². The number of hydrogen-bond donors (Lipinski definition) is 2. The number of anilines is 2. The number of benzene rings is 2. The molecular weight excluding hydrogens is 342 g/mol. The van der Waals surface area contributed by atoms with E-state index in [4.69, 9.17) is 11.6 Å². The van der Waals surface area contributed by atoms with Crippen LogP contribution in [0.15, 0.2) is 54.7 Å². The lowest BCUT2D eigenvalue weighted by Gasteiger charge is -2.08. The van der Waals surface area contributed by atoms with Crippen molar-refractivity contribution >= 4 is 40.2 Å². The zero-order chi connectivity index (χ0) is 16.9. The van der Waals surface area contributed by atoms with Gasteiger partial charge < -0.3 is 10.6 Å². The molecular formula is C18H16ClN3OS. The molecule has 0 unspecified atom stereocenters. The van der Waals surface area contributed by atoms with Crippen molar-refractivity contribution in [2.45, 2.75) is 13.5 Å². The number of thiazole rings is 1. The largest absolute Gasteiger partial charge is 0.380 e. The van der Waals surface area contributed by atoms with Crippen LogP contribution in [0.3, 0.4) is 0 Å². The number of nitrogens with one attached hydrogen (secondary N) is 2. The maximum atomic E-state index is 12.2. The topological polar surface area (TPSA) is 54.0 Å². The van der Waals surface area contributed by atoms with Crippen LogP contribution in [-0.2, 0) is 6.54 Å². The highest BCUT2D eigenvalue weighted by atomic mass is 35.5. The van der Waals surface area contributed by atoms with Gasteiger partial charge in [0, 0.05) is 28.0 Å². The lowest BCUT2D eigenvalue weighted by molar-refractivity contribution is 0.102. The van der Waals surface area contributed by atoms with Gasteiger partial charge in [-0.2, -0.15) is 0 Å². The minimum Gasteiger partial charge on any atom is -0.380 e. The van der Waals surface area contributed by atoms with Crippen molar-refractivity contribution in [1.29, 1.82) is 0 Å². The first-order valence-corrected chi connectivity index (χ1v) is 8.62. The van der Waals surface area contributed by atoms with Crippen molar-refractivity contribution in [2.24, 2.45) is 0 Å². The Bertz CT molecular complexity index is 845. The van der Waals surface area contributed by atoms with Crippen molar-refractivity contribution < 1.29 is 4.79 Å². The maximum absolute atomic E-state index is 12.2. The summed E-state index contributed by atoms with van der Waals surface area (Å²) >= 11 is 7.26. The molecule has 0 fully saturated rings. The van der Waals surface area contributed by atoms with Gasteiger partial charge >= 0.3 is 0 Å². The Hall–Kier alpha value is -2.37. The summed E-state index contributed by atoms with van der Waals surface area (Å²) in [7, 11) is 0. The van der Waals surface area contributed by atoms with Gasteiger partial charge in [0.25, 0.3) is 5.91 Å². The van der Waals surface area contributed by atoms with Gasteiger partial charge in [0.1, 0.15) is 0 Å². The number of hydrogen-bond acceptors (Lipinski definition) is 4. The van der Waals surface area contributed by atoms with E-state index in [-0.39, 0.29) is 5.91 Å². The number of amides is 1. The summed E-state index contributed by atoms with van der Waals surface area (Å²) in [6, 6.07) is 15.1. The number of halogens is 1. The van der Waals surface area contributed by atoms with Crippen LogP contribution in [0.5, 0.6) is 0 Å². The van der Waals surface area contributed by atoms with Crippen molar-refractivity contribution in [2.75, 3.05) is 10.6 Å². The van der Waals surface area contributed by atoms with E-state index in [0.717, 1.165) is 21.8 Å². The van der Waals surface area contributed by atoms with Crippen molar-refractivity contribution in [3.63, 3.8) is 0 Å². The van der Waals surface area contributed by atoms with Gasteiger partial charge in [0.05, 0.1) is 6.54 Å². The zero-order valence-corrected chi connectivity index (χ0v) is 14.6. The Labute approximate surface area is 149 Å². The smallest absolute Gasteiger partial charge is 0.255 e. The summed E-state index contributed by atoms with van der Waals surface area (Å²) < 4.78 is 0.543. The predicted molar refractivity (Wildman–Crippen MR) is 100 cm³/mol. The van der Waals surface area contributed by atoms with Crippen LogP contribution < -0.4 is 10.6 Å². The van der Waals surface area contributed by atoms with E-state index in [1.54, 1.807) is 12.3 Å². The number of carbonyl (C=O) groups is 1. The molecule has 0 aliphatic carbocycles. The van der Waals surface area contributed by atoms with Crippen LogP contribution >= 0.6 is 22.9 Å². The van der Waals surface area contributed by atoms with Gasteiger partial charge in [0.2, 0.25) is 0 Å². The average molecular weight is 358 g/mol. The van der Waals surface area contributed by atoms with Gasteiger partial charge in [-0.05, 0) is 43.3 Å². The molecule has 1 heterocycles. The molecule has 1 amide bonds. The summed E-state index contributed by atoms with van der Waals surface area (Å²) in [6.07, 6.45) is 1.76. The first kappa shape index (κ1) is 16.5. The lowest BCUT2D eigenvalue weighted by Crippen LogP contribution is -2.11. The molecule has 0 atom stereocenters. The summed E-state index contributed by atoms with van der Waals surface area (Å²) in [5.74, 6) is -0.112. The number of aryl methyl sites for hydroxylation is 1. The minimum atomic E-state index is -0.112. The van der Waals surface area contributed by atoms with Crippen molar-refractivity contribution in [3.05, 3.63) is 75.2 Å². The molecule has 0 saturated carbocycles. The number of carbonyl (C=O) groups excluding carboxylic acids is 1. The van der Waals surface area contributed by atoms with Gasteiger partial charge in [0.15, 0.2) is 4.47 Å². The lowest BCUT2D eigenvalue weighted by atomic mass is 10.1. The molecule has 0 aliphatic rings. The average Bonchev–Trinajstić information content (AvgIpc) is 3.00. The fourth-order valence-electron chi connectivity index (χ4n) is 2.22. The Morgan fingerprint density at radius 3 is 2.58 bits per heavy atom. The summed E-state index contributed by atoms with van der Waals surface area (Å²) in [6.45, 7) is 2.63. The van der Waals surface area contributed by atoms with Crippen LogP contribution in [-0.4, -0.2) is 10.9 Å². The molecule has 3 rings (SSSR count). The molecule has 4 nitrogen and oxygen atoms in total. The van der Waals surface area contributed by atoms with E-state index >= 15 is 0 Å². The molecule has 0 saturated heterocycles. The first-order chi connectivity index (χ1) is 11.6. The second kappa shape index (κ2) is 7.47. The van der Waals surface area contributed by atoms with E-state index in [9.17, 15) is 4.79 Å². The van der Waals surface area contributed by atoms with Crippen LogP contribution in [0.2, 0.25) is 4.47 Å². The second-order valence-electron chi connectivity index (χ2n) is 5.33. The van der Waals surface area contributed by atoms with E-state index in [0.29, 0.717) is 16.6 Å². The van der Waals surface area contributed by atoms with Gasteiger partial charge in [-0.1, -0.05) is 29.3 Å². The van der Waals surface area contributed by atoms with E-state index in [1.807, 2.05) is 49.4 Å². The highest BCUT2D eigenvalue weighted by Gasteiger charge is 2.06. The Morgan fingerprint density at radius 2 is 1.92 bits per heavy atom. The normalized spacial score (nSPS) is 10.4. The molecule has 2 aromatic carbocycles. The quantitative estimate of drug-likeness (QED) is 0.677. The summed E-state index contributed by atoms with van der Waals surface area (Å²) in [5, 5.41) is 6.19. The fourth-order valence-corrected chi connectivity index (χ4v) is 3.13. The zero-order valence-electron chi connectivity index (χ0n) is 13.0. The fraction of sp³-hybridized carbons (Fsp3) is 0.111. The third kappa shape index (κ3) is 4.34. The number of rotatable bonds is 5. The van der Waals surface area contributed by atoms with Gasteiger partial charge in [-0.25, -0.2) is 4.98 Å². The van der Waals surface area contributed by atoms with Crippen LogP contribution in [0.4, 0.5) is 11.4 Å². The van der Waals surface area contributed by atoms with Crippen LogP contribution in [0.1, 0.15) is 20.8 Å². The van der Waals surface area contributed by atoms with Crippen molar-refractivity contribution in [3.8, 4) is 0 Å². The predicted octanol–water partition coefficient (Wildman–Crippen LogP) is 4.97. The molecule has 3 aromatic rings. The third-order valence-corrected chi connectivity index (χ3v) is 4.53. The first-order valence-electron chi connectivity index (χ1n) is 7.42. The van der Waals surface area contributed by atoms with Crippen LogP contribution in [0.25, 0.3) is 0 Å². The molecule has 1 aromatic heterocycles. The third-order valence-electron chi connectivity index (χ3n) is 3.42. The second-order valence-corrected chi connectivity index (χ2v) is 7.03. The molecule has 24 heavy (non-hydrogen) atoms. The standard InChI is InChI=1S/C18H16ClN3OS/c1-12-3-2-4-13(9-12)17(23)22-15-7-5-14(6-8-15)20-10-16-11-21-18(19)24-16/h2-9,11,20H,10H2,1H3,(H,22,23). The SMILES string of the molecule is Cc1cccc(C(=O)Nc2ccc(NCc3cnc(Cl)s3)cc2)c1. The Kier molecular flexibility index (Phi) is 5.13. The molecule has 2 N–H and O–H groups in total. The van der Waals surface area contributed by atoms with Gasteiger partial charge in [-0.3, -0.25) is 4.79 Å². The Morgan fingerprint density at radius 1 is 1.17 bits per heavy atom. The van der Waals surface area contributed by atoms with E-state index < -0.39 is 0 Å². The maximum Gasteiger partial charge on any atom is 0.255 e. The summed E-state index contributed by atoms with van der Waals surface area (Å²) in [5.41, 5.74) is 3.44.